The number of amides is 1. The van der Waals surface area contributed by atoms with Crippen molar-refractivity contribution in [1.29, 1.82) is 0 Å². The SMILES string of the molecule is O=C(NC(=S)NC1(c2ccc(F)cc2F)COC(COCc2ccccc2)CC1CO)OCC1c2ccccc2-c2ccccc21. The maximum atomic E-state index is 15.3. The summed E-state index contributed by atoms with van der Waals surface area (Å²) in [5.41, 5.74) is 3.97. The molecule has 3 atom stereocenters. The number of alkyl carbamates (subject to hydrolysis) is 1. The smallest absolute Gasteiger partial charge is 0.413 e. The molecule has 2 aliphatic rings. The number of rotatable bonds is 9. The normalized spacial score (nSPS) is 20.4. The molecular weight excluding hydrogens is 610 g/mol. The number of ether oxygens (including phenoxy) is 3. The predicted molar refractivity (Wildman–Crippen MR) is 173 cm³/mol. The van der Waals surface area contributed by atoms with Gasteiger partial charge in [-0.3, -0.25) is 5.32 Å². The number of hydrogen-bond donors (Lipinski definition) is 3. The van der Waals surface area contributed by atoms with Crippen molar-refractivity contribution in [2.45, 2.75) is 30.6 Å². The summed E-state index contributed by atoms with van der Waals surface area (Å²) in [4.78, 5) is 13.0. The lowest BCUT2D eigenvalue weighted by atomic mass is 9.74. The molecular formula is C36H34F2N2O5S. The number of carbonyl (C=O) groups is 1. The molecule has 238 valence electrons. The van der Waals surface area contributed by atoms with Crippen molar-refractivity contribution in [2.75, 3.05) is 26.4 Å². The number of thiocarbonyl (C=S) groups is 1. The highest BCUT2D eigenvalue weighted by Crippen LogP contribution is 2.44. The van der Waals surface area contributed by atoms with E-state index in [-0.39, 0.29) is 49.4 Å². The number of fused-ring (bicyclic) bond motifs is 3. The van der Waals surface area contributed by atoms with Gasteiger partial charge in [0.05, 0.1) is 31.5 Å². The molecule has 0 saturated carbocycles. The second kappa shape index (κ2) is 14.0. The Morgan fingerprint density at radius 1 is 0.935 bits per heavy atom. The fourth-order valence-corrected chi connectivity index (χ4v) is 6.76. The number of carbonyl (C=O) groups excluding carboxylic acids is 1. The number of hydrogen-bond acceptors (Lipinski definition) is 6. The van der Waals surface area contributed by atoms with Crippen LogP contribution in [0, 0.1) is 17.6 Å². The van der Waals surface area contributed by atoms with E-state index in [0.29, 0.717) is 6.61 Å². The van der Waals surface area contributed by atoms with Crippen LogP contribution in [0.5, 0.6) is 0 Å². The molecule has 1 fully saturated rings. The number of nitrogens with one attached hydrogen (secondary N) is 2. The summed E-state index contributed by atoms with van der Waals surface area (Å²) in [6.45, 7) is 0.209. The maximum Gasteiger partial charge on any atom is 0.413 e. The fourth-order valence-electron chi connectivity index (χ4n) is 6.50. The summed E-state index contributed by atoms with van der Waals surface area (Å²) < 4.78 is 46.9. The Morgan fingerprint density at radius 2 is 1.61 bits per heavy atom. The first-order valence-electron chi connectivity index (χ1n) is 15.1. The third-order valence-corrected chi connectivity index (χ3v) is 8.94. The van der Waals surface area contributed by atoms with E-state index >= 15 is 4.39 Å². The van der Waals surface area contributed by atoms with Gasteiger partial charge in [-0.2, -0.15) is 0 Å². The van der Waals surface area contributed by atoms with Crippen molar-refractivity contribution >= 4 is 23.4 Å². The molecule has 1 saturated heterocycles. The monoisotopic (exact) mass is 644 g/mol. The average Bonchev–Trinajstić information content (AvgIpc) is 3.38. The van der Waals surface area contributed by atoms with Crippen LogP contribution in [-0.2, 0) is 26.4 Å². The van der Waals surface area contributed by atoms with Gasteiger partial charge in [0.2, 0.25) is 0 Å². The minimum absolute atomic E-state index is 0.0493. The lowest BCUT2D eigenvalue weighted by Gasteiger charge is -2.47. The van der Waals surface area contributed by atoms with Gasteiger partial charge >= 0.3 is 6.09 Å². The van der Waals surface area contributed by atoms with Crippen LogP contribution < -0.4 is 10.6 Å². The molecule has 10 heteroatoms. The van der Waals surface area contributed by atoms with Crippen LogP contribution in [0.1, 0.15) is 34.6 Å². The van der Waals surface area contributed by atoms with Gasteiger partial charge in [-0.05, 0) is 52.5 Å². The van der Waals surface area contributed by atoms with Crippen molar-refractivity contribution in [3.63, 3.8) is 0 Å². The molecule has 0 spiro atoms. The summed E-state index contributed by atoms with van der Waals surface area (Å²) in [5, 5.41) is 15.9. The van der Waals surface area contributed by atoms with Crippen molar-refractivity contribution in [3.05, 3.63) is 131 Å². The molecule has 1 heterocycles. The van der Waals surface area contributed by atoms with Crippen molar-refractivity contribution in [3.8, 4) is 11.1 Å². The summed E-state index contributed by atoms with van der Waals surface area (Å²) in [6.07, 6.45) is -0.913. The highest BCUT2D eigenvalue weighted by atomic mass is 32.1. The largest absolute Gasteiger partial charge is 0.448 e. The molecule has 4 aromatic rings. The summed E-state index contributed by atoms with van der Waals surface area (Å²) in [7, 11) is 0. The van der Waals surface area contributed by atoms with Gasteiger partial charge in [0, 0.05) is 30.1 Å². The molecule has 0 aromatic heterocycles. The fraction of sp³-hybridized carbons (Fsp3) is 0.278. The van der Waals surface area contributed by atoms with Crippen LogP contribution in [-0.4, -0.2) is 48.8 Å². The molecule has 3 N–H and O–H groups in total. The zero-order valence-corrected chi connectivity index (χ0v) is 25.8. The maximum absolute atomic E-state index is 15.3. The lowest BCUT2D eigenvalue weighted by Crippen LogP contribution is -2.62. The number of benzene rings is 4. The predicted octanol–water partition coefficient (Wildman–Crippen LogP) is 6.19. The van der Waals surface area contributed by atoms with Gasteiger partial charge in [-0.15, -0.1) is 0 Å². The molecule has 0 radical (unpaired) electrons. The zero-order valence-electron chi connectivity index (χ0n) is 25.0. The summed E-state index contributed by atoms with van der Waals surface area (Å²) >= 11 is 5.50. The van der Waals surface area contributed by atoms with E-state index in [0.717, 1.165) is 39.9 Å². The van der Waals surface area contributed by atoms with E-state index in [1.807, 2.05) is 78.9 Å². The molecule has 7 nitrogen and oxygen atoms in total. The lowest BCUT2D eigenvalue weighted by molar-refractivity contribution is -0.111. The molecule has 1 aliphatic heterocycles. The second-order valence-electron chi connectivity index (χ2n) is 11.5. The molecule has 1 aliphatic carbocycles. The van der Waals surface area contributed by atoms with E-state index in [9.17, 15) is 14.3 Å². The van der Waals surface area contributed by atoms with Gasteiger partial charge in [0.25, 0.3) is 0 Å². The van der Waals surface area contributed by atoms with Gasteiger partial charge < -0.3 is 24.6 Å². The Labute approximate surface area is 271 Å². The number of aliphatic hydroxyl groups excluding tert-OH is 1. The molecule has 6 rings (SSSR count). The number of aliphatic hydroxyl groups is 1. The molecule has 0 bridgehead atoms. The van der Waals surface area contributed by atoms with Gasteiger partial charge in [-0.25, -0.2) is 13.6 Å². The van der Waals surface area contributed by atoms with Crippen LogP contribution in [0.25, 0.3) is 11.1 Å². The molecule has 3 unspecified atom stereocenters. The van der Waals surface area contributed by atoms with E-state index in [1.165, 1.54) is 6.07 Å². The quantitative estimate of drug-likeness (QED) is 0.188. The first kappa shape index (κ1) is 31.7. The summed E-state index contributed by atoms with van der Waals surface area (Å²) in [5.74, 6) is -2.36. The third-order valence-electron chi connectivity index (χ3n) is 8.73. The van der Waals surface area contributed by atoms with Crippen molar-refractivity contribution in [2.24, 2.45) is 5.92 Å². The molecule has 1 amide bonds. The topological polar surface area (TPSA) is 89.1 Å². The highest BCUT2D eigenvalue weighted by molar-refractivity contribution is 7.80. The van der Waals surface area contributed by atoms with Crippen LogP contribution in [0.4, 0.5) is 13.6 Å². The van der Waals surface area contributed by atoms with E-state index < -0.39 is 35.3 Å². The van der Waals surface area contributed by atoms with E-state index in [4.69, 9.17) is 26.4 Å². The van der Waals surface area contributed by atoms with Crippen LogP contribution in [0.3, 0.4) is 0 Å². The van der Waals surface area contributed by atoms with Crippen LogP contribution >= 0.6 is 12.2 Å². The second-order valence-corrected chi connectivity index (χ2v) is 12.0. The first-order valence-corrected chi connectivity index (χ1v) is 15.5. The minimum atomic E-state index is -1.42. The Kier molecular flexibility index (Phi) is 9.70. The average molecular weight is 645 g/mol. The zero-order chi connectivity index (χ0) is 32.1. The van der Waals surface area contributed by atoms with Crippen LogP contribution in [0.15, 0.2) is 97.1 Å². The van der Waals surface area contributed by atoms with E-state index in [1.54, 1.807) is 0 Å². The Bertz CT molecular complexity index is 1660. The Morgan fingerprint density at radius 3 is 2.28 bits per heavy atom. The third kappa shape index (κ3) is 6.66. The number of halogens is 2. The van der Waals surface area contributed by atoms with Gasteiger partial charge in [0.15, 0.2) is 5.11 Å². The summed E-state index contributed by atoms with van der Waals surface area (Å²) in [6, 6.07) is 28.9. The van der Waals surface area contributed by atoms with Gasteiger partial charge in [0.1, 0.15) is 18.2 Å². The van der Waals surface area contributed by atoms with Gasteiger partial charge in [-0.1, -0.05) is 84.9 Å². The van der Waals surface area contributed by atoms with E-state index in [2.05, 4.69) is 10.6 Å². The standard InChI is InChI=1S/C36H34F2N2O5S/c37-25-14-15-32(33(38)17-25)36(22-45-26(16-24(36)18-41)20-43-19-23-8-2-1-3-9-23)40-34(46)39-35(42)44-21-31-29-12-6-4-10-27(29)28-11-5-7-13-30(28)31/h1-15,17,24,26,31,41H,16,18-22H2,(H2,39,40,42,46). The minimum Gasteiger partial charge on any atom is -0.448 e. The Hall–Kier alpha value is -4.22. The van der Waals surface area contributed by atoms with Crippen molar-refractivity contribution in [1.82, 2.24) is 10.6 Å². The Balaban J connectivity index is 1.13. The molecule has 46 heavy (non-hydrogen) atoms. The van der Waals surface area contributed by atoms with Crippen LogP contribution in [0.2, 0.25) is 0 Å². The van der Waals surface area contributed by atoms with Crippen molar-refractivity contribution < 1.29 is 32.9 Å². The molecule has 4 aromatic carbocycles. The first-order chi connectivity index (χ1) is 22.4. The highest BCUT2D eigenvalue weighted by Gasteiger charge is 2.48.